The molecule has 1 unspecified atom stereocenters. The third-order valence-corrected chi connectivity index (χ3v) is 4.02. The molecule has 2 aromatic rings. The second-order valence-electron chi connectivity index (χ2n) is 5.52. The topological polar surface area (TPSA) is 46.3 Å². The highest BCUT2D eigenvalue weighted by atomic mass is 16.2. The molecule has 0 bridgehead atoms. The highest BCUT2D eigenvalue weighted by Gasteiger charge is 2.24. The quantitative estimate of drug-likeness (QED) is 0.919. The lowest BCUT2D eigenvalue weighted by Crippen LogP contribution is -2.33. The van der Waals surface area contributed by atoms with Crippen molar-refractivity contribution in [2.24, 2.45) is 5.73 Å². The van der Waals surface area contributed by atoms with Crippen LogP contribution in [0.1, 0.15) is 30.0 Å². The van der Waals surface area contributed by atoms with Gasteiger partial charge < -0.3 is 10.6 Å². The Kier molecular flexibility index (Phi) is 4.02. The smallest absolute Gasteiger partial charge is 0.231 e. The number of hydrogen-bond donors (Lipinski definition) is 1. The first kappa shape index (κ1) is 13.8. The number of carbonyl (C=O) groups is 1. The highest BCUT2D eigenvalue weighted by molar-refractivity contribution is 5.95. The van der Waals surface area contributed by atoms with Crippen LogP contribution in [0, 0.1) is 0 Å². The first-order valence-corrected chi connectivity index (χ1v) is 7.44. The van der Waals surface area contributed by atoms with Gasteiger partial charge in [0.05, 0.1) is 6.42 Å². The number of para-hydroxylation sites is 1. The molecule has 0 fully saturated rings. The number of amides is 1. The van der Waals surface area contributed by atoms with Gasteiger partial charge in [0.15, 0.2) is 0 Å². The second kappa shape index (κ2) is 6.10. The SMILES string of the molecule is NC1CCCN(C(=O)Cc2ccccc2)c2ccccc21. The third kappa shape index (κ3) is 2.98. The van der Waals surface area contributed by atoms with Gasteiger partial charge in [0.2, 0.25) is 5.91 Å². The molecule has 1 aliphatic heterocycles. The van der Waals surface area contributed by atoms with Gasteiger partial charge in [-0.1, -0.05) is 48.5 Å². The molecule has 0 aliphatic carbocycles. The largest absolute Gasteiger partial charge is 0.324 e. The fraction of sp³-hybridized carbons (Fsp3) is 0.278. The summed E-state index contributed by atoms with van der Waals surface area (Å²) in [6, 6.07) is 17.9. The van der Waals surface area contributed by atoms with Crippen molar-refractivity contribution in [3.05, 3.63) is 65.7 Å². The molecular weight excluding hydrogens is 260 g/mol. The monoisotopic (exact) mass is 280 g/mol. The van der Waals surface area contributed by atoms with Gasteiger partial charge in [-0.2, -0.15) is 0 Å². The molecule has 2 N–H and O–H groups in total. The maximum Gasteiger partial charge on any atom is 0.231 e. The molecule has 1 heterocycles. The Hall–Kier alpha value is -2.13. The van der Waals surface area contributed by atoms with Gasteiger partial charge in [0.1, 0.15) is 0 Å². The number of nitrogens with two attached hydrogens (primary N) is 1. The highest BCUT2D eigenvalue weighted by Crippen LogP contribution is 2.31. The number of anilines is 1. The van der Waals surface area contributed by atoms with Gasteiger partial charge in [0, 0.05) is 18.3 Å². The molecule has 3 heteroatoms. The summed E-state index contributed by atoms with van der Waals surface area (Å²) in [4.78, 5) is 14.6. The minimum Gasteiger partial charge on any atom is -0.324 e. The van der Waals surface area contributed by atoms with E-state index < -0.39 is 0 Å². The van der Waals surface area contributed by atoms with E-state index in [0.717, 1.165) is 36.2 Å². The predicted molar refractivity (Wildman–Crippen MR) is 85.1 cm³/mol. The Balaban J connectivity index is 1.87. The van der Waals surface area contributed by atoms with E-state index in [2.05, 4.69) is 0 Å². The van der Waals surface area contributed by atoms with Crippen LogP contribution in [0.3, 0.4) is 0 Å². The van der Waals surface area contributed by atoms with Crippen molar-refractivity contribution < 1.29 is 4.79 Å². The molecule has 2 aromatic carbocycles. The zero-order valence-electron chi connectivity index (χ0n) is 12.0. The minimum absolute atomic E-state index is 0.0238. The molecule has 0 saturated carbocycles. The first-order valence-electron chi connectivity index (χ1n) is 7.44. The van der Waals surface area contributed by atoms with Crippen LogP contribution < -0.4 is 10.6 Å². The van der Waals surface area contributed by atoms with Crippen molar-refractivity contribution in [3.8, 4) is 0 Å². The zero-order chi connectivity index (χ0) is 14.7. The molecule has 3 rings (SSSR count). The van der Waals surface area contributed by atoms with E-state index in [-0.39, 0.29) is 11.9 Å². The van der Waals surface area contributed by atoms with Gasteiger partial charge >= 0.3 is 0 Å². The van der Waals surface area contributed by atoms with Crippen molar-refractivity contribution >= 4 is 11.6 Å². The summed E-state index contributed by atoms with van der Waals surface area (Å²) in [6.45, 7) is 0.746. The number of nitrogens with zero attached hydrogens (tertiary/aromatic N) is 1. The second-order valence-corrected chi connectivity index (χ2v) is 5.52. The number of rotatable bonds is 2. The fourth-order valence-electron chi connectivity index (χ4n) is 2.92. The molecule has 0 radical (unpaired) electrons. The molecule has 1 aliphatic rings. The summed E-state index contributed by atoms with van der Waals surface area (Å²) < 4.78 is 0. The van der Waals surface area contributed by atoms with Crippen LogP contribution in [0.5, 0.6) is 0 Å². The molecule has 0 aromatic heterocycles. The van der Waals surface area contributed by atoms with E-state index in [1.165, 1.54) is 0 Å². The molecule has 3 nitrogen and oxygen atoms in total. The molecule has 21 heavy (non-hydrogen) atoms. The van der Waals surface area contributed by atoms with E-state index >= 15 is 0 Å². The lowest BCUT2D eigenvalue weighted by atomic mass is 10.0. The Labute approximate surface area is 125 Å². The average Bonchev–Trinajstić information content (AvgIpc) is 2.68. The number of benzene rings is 2. The number of hydrogen-bond acceptors (Lipinski definition) is 2. The van der Waals surface area contributed by atoms with Crippen LogP contribution in [-0.4, -0.2) is 12.5 Å². The van der Waals surface area contributed by atoms with Crippen molar-refractivity contribution in [3.63, 3.8) is 0 Å². The van der Waals surface area contributed by atoms with Crippen LogP contribution in [0.15, 0.2) is 54.6 Å². The molecule has 108 valence electrons. The lowest BCUT2D eigenvalue weighted by Gasteiger charge is -2.23. The standard InChI is InChI=1S/C18H20N2O/c19-16-10-6-12-20(17-11-5-4-9-15(16)17)18(21)13-14-7-2-1-3-8-14/h1-5,7-9,11,16H,6,10,12-13,19H2. The van der Waals surface area contributed by atoms with E-state index in [4.69, 9.17) is 5.73 Å². The Morgan fingerprint density at radius 2 is 1.81 bits per heavy atom. The van der Waals surface area contributed by atoms with Crippen LogP contribution in [-0.2, 0) is 11.2 Å². The third-order valence-electron chi connectivity index (χ3n) is 4.02. The van der Waals surface area contributed by atoms with E-state index in [1.807, 2.05) is 59.5 Å². The molecule has 1 amide bonds. The van der Waals surface area contributed by atoms with Gasteiger partial charge in [-0.3, -0.25) is 4.79 Å². The van der Waals surface area contributed by atoms with Crippen molar-refractivity contribution in [1.82, 2.24) is 0 Å². The van der Waals surface area contributed by atoms with Crippen molar-refractivity contribution in [2.45, 2.75) is 25.3 Å². The summed E-state index contributed by atoms with van der Waals surface area (Å²) in [5.41, 5.74) is 9.33. The van der Waals surface area contributed by atoms with E-state index in [0.29, 0.717) is 6.42 Å². The minimum atomic E-state index is 0.0238. The Morgan fingerprint density at radius 1 is 1.10 bits per heavy atom. The molecule has 0 spiro atoms. The van der Waals surface area contributed by atoms with Crippen LogP contribution in [0.2, 0.25) is 0 Å². The first-order chi connectivity index (χ1) is 10.3. The summed E-state index contributed by atoms with van der Waals surface area (Å²) in [6.07, 6.45) is 2.30. The molecular formula is C18H20N2O. The van der Waals surface area contributed by atoms with Crippen LogP contribution in [0.4, 0.5) is 5.69 Å². The van der Waals surface area contributed by atoms with Crippen LogP contribution in [0.25, 0.3) is 0 Å². The normalized spacial score (nSPS) is 18.0. The summed E-state index contributed by atoms with van der Waals surface area (Å²) in [5.74, 6) is 0.141. The summed E-state index contributed by atoms with van der Waals surface area (Å²) in [5, 5.41) is 0. The summed E-state index contributed by atoms with van der Waals surface area (Å²) >= 11 is 0. The van der Waals surface area contributed by atoms with Crippen molar-refractivity contribution in [1.29, 1.82) is 0 Å². The van der Waals surface area contributed by atoms with Gasteiger partial charge in [-0.05, 0) is 30.0 Å². The van der Waals surface area contributed by atoms with Crippen LogP contribution >= 0.6 is 0 Å². The van der Waals surface area contributed by atoms with Gasteiger partial charge in [-0.25, -0.2) is 0 Å². The molecule has 1 atom stereocenters. The van der Waals surface area contributed by atoms with Crippen molar-refractivity contribution in [2.75, 3.05) is 11.4 Å². The number of carbonyl (C=O) groups excluding carboxylic acids is 1. The van der Waals surface area contributed by atoms with E-state index in [9.17, 15) is 4.79 Å². The van der Waals surface area contributed by atoms with E-state index in [1.54, 1.807) is 0 Å². The van der Waals surface area contributed by atoms with Gasteiger partial charge in [0.25, 0.3) is 0 Å². The Morgan fingerprint density at radius 3 is 2.62 bits per heavy atom. The fourth-order valence-corrected chi connectivity index (χ4v) is 2.92. The summed E-state index contributed by atoms with van der Waals surface area (Å²) in [7, 11) is 0. The average molecular weight is 280 g/mol. The Bertz CT molecular complexity index is 624. The molecule has 0 saturated heterocycles. The maximum atomic E-state index is 12.7. The predicted octanol–water partition coefficient (Wildman–Crippen LogP) is 3.06. The van der Waals surface area contributed by atoms with Gasteiger partial charge in [-0.15, -0.1) is 0 Å². The maximum absolute atomic E-state index is 12.7. The lowest BCUT2D eigenvalue weighted by molar-refractivity contribution is -0.118. The zero-order valence-corrected chi connectivity index (χ0v) is 12.0. The number of fused-ring (bicyclic) bond motifs is 1.